The van der Waals surface area contributed by atoms with E-state index < -0.39 is 4.92 Å². The van der Waals surface area contributed by atoms with Gasteiger partial charge in [0.05, 0.1) is 15.1 Å². The first kappa shape index (κ1) is 19.5. The number of aryl methyl sites for hydroxylation is 1. The Morgan fingerprint density at radius 3 is 2.73 bits per heavy atom. The van der Waals surface area contributed by atoms with E-state index >= 15 is 0 Å². The van der Waals surface area contributed by atoms with Crippen LogP contribution in [-0.4, -0.2) is 15.8 Å². The zero-order chi connectivity index (χ0) is 21.1. The third kappa shape index (κ3) is 4.26. The van der Waals surface area contributed by atoms with E-state index in [4.69, 9.17) is 0 Å². The van der Waals surface area contributed by atoms with Gasteiger partial charge in [-0.25, -0.2) is 4.98 Å². The number of nitrogens with zero attached hydrogens (tertiary/aromatic N) is 2. The summed E-state index contributed by atoms with van der Waals surface area (Å²) in [6.07, 6.45) is 2.91. The monoisotopic (exact) mass is 415 g/mol. The number of thiazole rings is 1. The molecule has 4 rings (SSSR count). The maximum atomic E-state index is 12.4. The standard InChI is InChI=1S/C23H17N3O3S/c1-15-9-11-17(23-25-19-7-2-3-8-21(19)30-23)14-20(15)24-22(27)12-10-16-5-4-6-18(13-16)26(28)29/h2-14H,1H3,(H,24,27)/b12-10+. The molecule has 1 amide bonds. The topological polar surface area (TPSA) is 85.1 Å². The van der Waals surface area contributed by atoms with E-state index in [1.54, 1.807) is 29.5 Å². The van der Waals surface area contributed by atoms with Crippen molar-refractivity contribution in [3.63, 3.8) is 0 Å². The van der Waals surface area contributed by atoms with E-state index in [0.717, 1.165) is 26.4 Å². The first-order chi connectivity index (χ1) is 14.5. The molecule has 148 valence electrons. The van der Waals surface area contributed by atoms with Gasteiger partial charge < -0.3 is 5.32 Å². The van der Waals surface area contributed by atoms with E-state index in [1.165, 1.54) is 18.2 Å². The van der Waals surface area contributed by atoms with Crippen LogP contribution in [0.4, 0.5) is 11.4 Å². The molecule has 1 heterocycles. The highest BCUT2D eigenvalue weighted by Gasteiger charge is 2.10. The van der Waals surface area contributed by atoms with Crippen LogP contribution >= 0.6 is 11.3 Å². The van der Waals surface area contributed by atoms with Crippen molar-refractivity contribution in [1.82, 2.24) is 4.98 Å². The van der Waals surface area contributed by atoms with E-state index in [9.17, 15) is 14.9 Å². The number of hydrogen-bond acceptors (Lipinski definition) is 5. The zero-order valence-electron chi connectivity index (χ0n) is 16.0. The third-order valence-corrected chi connectivity index (χ3v) is 5.63. The number of benzene rings is 3. The van der Waals surface area contributed by atoms with Crippen molar-refractivity contribution in [2.24, 2.45) is 0 Å². The smallest absolute Gasteiger partial charge is 0.270 e. The lowest BCUT2D eigenvalue weighted by Crippen LogP contribution is -2.09. The van der Waals surface area contributed by atoms with Crippen LogP contribution in [0.1, 0.15) is 11.1 Å². The number of para-hydroxylation sites is 1. The predicted molar refractivity (Wildman–Crippen MR) is 121 cm³/mol. The first-order valence-electron chi connectivity index (χ1n) is 9.20. The average molecular weight is 415 g/mol. The van der Waals surface area contributed by atoms with Crippen LogP contribution in [0, 0.1) is 17.0 Å². The molecule has 0 fully saturated rings. The van der Waals surface area contributed by atoms with Gasteiger partial charge in [-0.2, -0.15) is 0 Å². The number of anilines is 1. The van der Waals surface area contributed by atoms with Crippen molar-refractivity contribution in [3.05, 3.63) is 94.0 Å². The number of nitro benzene ring substituents is 1. The summed E-state index contributed by atoms with van der Waals surface area (Å²) in [6.45, 7) is 1.92. The van der Waals surface area contributed by atoms with Crippen LogP contribution < -0.4 is 5.32 Å². The fourth-order valence-electron chi connectivity index (χ4n) is 2.97. The van der Waals surface area contributed by atoms with Gasteiger partial charge in [-0.15, -0.1) is 11.3 Å². The van der Waals surface area contributed by atoms with Crippen LogP contribution in [0.3, 0.4) is 0 Å². The number of hydrogen-bond donors (Lipinski definition) is 1. The first-order valence-corrected chi connectivity index (χ1v) is 10.0. The van der Waals surface area contributed by atoms with E-state index in [0.29, 0.717) is 11.3 Å². The van der Waals surface area contributed by atoms with Crippen molar-refractivity contribution in [2.45, 2.75) is 6.92 Å². The number of carbonyl (C=O) groups is 1. The Hall–Kier alpha value is -3.84. The fraction of sp³-hybridized carbons (Fsp3) is 0.0435. The number of non-ortho nitro benzene ring substituents is 1. The molecule has 7 heteroatoms. The highest BCUT2D eigenvalue weighted by molar-refractivity contribution is 7.21. The van der Waals surface area contributed by atoms with Gasteiger partial charge in [0, 0.05) is 29.5 Å². The molecule has 1 aromatic heterocycles. The molecular formula is C23H17N3O3S. The minimum atomic E-state index is -0.464. The number of carbonyl (C=O) groups excluding carboxylic acids is 1. The second kappa shape index (κ2) is 8.26. The Bertz CT molecular complexity index is 1260. The van der Waals surface area contributed by atoms with Crippen molar-refractivity contribution >= 4 is 44.9 Å². The molecule has 1 N–H and O–H groups in total. The average Bonchev–Trinajstić information content (AvgIpc) is 3.18. The zero-order valence-corrected chi connectivity index (χ0v) is 16.8. The Morgan fingerprint density at radius 1 is 1.10 bits per heavy atom. The molecular weight excluding hydrogens is 398 g/mol. The largest absolute Gasteiger partial charge is 0.322 e. The number of rotatable bonds is 5. The number of nitro groups is 1. The van der Waals surface area contributed by atoms with Crippen molar-refractivity contribution < 1.29 is 9.72 Å². The predicted octanol–water partition coefficient (Wildman–Crippen LogP) is 5.83. The van der Waals surface area contributed by atoms with Crippen LogP contribution in [0.25, 0.3) is 26.9 Å². The molecule has 0 unspecified atom stereocenters. The summed E-state index contributed by atoms with van der Waals surface area (Å²) in [7, 11) is 0. The van der Waals surface area contributed by atoms with Gasteiger partial charge in [0.1, 0.15) is 5.01 Å². The summed E-state index contributed by atoms with van der Waals surface area (Å²) < 4.78 is 1.11. The molecule has 3 aromatic carbocycles. The molecule has 6 nitrogen and oxygen atoms in total. The van der Waals surface area contributed by atoms with Crippen LogP contribution in [0.5, 0.6) is 0 Å². The Balaban J connectivity index is 1.54. The molecule has 0 aliphatic heterocycles. The summed E-state index contributed by atoms with van der Waals surface area (Å²) in [4.78, 5) is 27.5. The summed E-state index contributed by atoms with van der Waals surface area (Å²) >= 11 is 1.60. The lowest BCUT2D eigenvalue weighted by molar-refractivity contribution is -0.384. The summed E-state index contributed by atoms with van der Waals surface area (Å²) in [5.41, 5.74) is 4.07. The fourth-order valence-corrected chi connectivity index (χ4v) is 3.94. The number of aromatic nitrogens is 1. The SMILES string of the molecule is Cc1ccc(-c2nc3ccccc3s2)cc1NC(=O)/C=C/c1cccc([N+](=O)[O-])c1. The van der Waals surface area contributed by atoms with E-state index in [1.807, 2.05) is 49.4 Å². The highest BCUT2D eigenvalue weighted by atomic mass is 32.1. The van der Waals surface area contributed by atoms with Gasteiger partial charge in [0.25, 0.3) is 5.69 Å². The van der Waals surface area contributed by atoms with Crippen LogP contribution in [0.15, 0.2) is 72.8 Å². The van der Waals surface area contributed by atoms with Crippen molar-refractivity contribution in [2.75, 3.05) is 5.32 Å². The van der Waals surface area contributed by atoms with Gasteiger partial charge in [-0.05, 0) is 42.3 Å². The second-order valence-electron chi connectivity index (χ2n) is 6.69. The molecule has 0 saturated carbocycles. The molecule has 4 aromatic rings. The minimum Gasteiger partial charge on any atom is -0.322 e. The summed E-state index contributed by atoms with van der Waals surface area (Å²) in [5, 5.41) is 14.6. The lowest BCUT2D eigenvalue weighted by Gasteiger charge is -2.08. The van der Waals surface area contributed by atoms with Gasteiger partial charge in [0.15, 0.2) is 0 Å². The molecule has 0 aliphatic rings. The van der Waals surface area contributed by atoms with E-state index in [-0.39, 0.29) is 11.6 Å². The molecule has 0 aliphatic carbocycles. The van der Waals surface area contributed by atoms with Gasteiger partial charge in [-0.3, -0.25) is 14.9 Å². The molecule has 30 heavy (non-hydrogen) atoms. The normalized spacial score (nSPS) is 11.1. The van der Waals surface area contributed by atoms with Crippen LogP contribution in [0.2, 0.25) is 0 Å². The van der Waals surface area contributed by atoms with Gasteiger partial charge in [0.2, 0.25) is 5.91 Å². The Morgan fingerprint density at radius 2 is 1.93 bits per heavy atom. The van der Waals surface area contributed by atoms with Gasteiger partial charge >= 0.3 is 0 Å². The van der Waals surface area contributed by atoms with Crippen LogP contribution in [-0.2, 0) is 4.79 Å². The molecule has 0 atom stereocenters. The van der Waals surface area contributed by atoms with Crippen molar-refractivity contribution in [3.8, 4) is 10.6 Å². The number of fused-ring (bicyclic) bond motifs is 1. The second-order valence-corrected chi connectivity index (χ2v) is 7.72. The van der Waals surface area contributed by atoms with Gasteiger partial charge in [-0.1, -0.05) is 36.4 Å². The Labute approximate surface area is 176 Å². The maximum absolute atomic E-state index is 12.4. The summed E-state index contributed by atoms with van der Waals surface area (Å²) in [6, 6.07) is 19.9. The molecule has 0 radical (unpaired) electrons. The molecule has 0 bridgehead atoms. The highest BCUT2D eigenvalue weighted by Crippen LogP contribution is 2.32. The number of amides is 1. The number of nitrogens with one attached hydrogen (secondary N) is 1. The Kier molecular flexibility index (Phi) is 5.36. The maximum Gasteiger partial charge on any atom is 0.270 e. The molecule has 0 spiro atoms. The van der Waals surface area contributed by atoms with Crippen molar-refractivity contribution in [1.29, 1.82) is 0 Å². The lowest BCUT2D eigenvalue weighted by atomic mass is 10.1. The van der Waals surface area contributed by atoms with E-state index in [2.05, 4.69) is 10.3 Å². The quantitative estimate of drug-likeness (QED) is 0.252. The third-order valence-electron chi connectivity index (χ3n) is 4.54. The summed E-state index contributed by atoms with van der Waals surface area (Å²) in [5.74, 6) is -0.314. The minimum absolute atomic E-state index is 0.0167. The molecule has 0 saturated heterocycles.